The molecule has 3 nitrogen and oxygen atoms in total. The molecule has 2 unspecified atom stereocenters. The van der Waals surface area contributed by atoms with Crippen molar-refractivity contribution in [3.05, 3.63) is 23.8 Å². The summed E-state index contributed by atoms with van der Waals surface area (Å²) in [7, 11) is 0. The van der Waals surface area contributed by atoms with Gasteiger partial charge in [-0.3, -0.25) is 0 Å². The standard InChI is InChI=1S/C14H18FNO2/c15-14(11-3-1-6-16-11)10-4-5-12-13(9-10)18-8-2-7-17-12/h4-5,9,11,14,16H,1-3,6-8H2. The van der Waals surface area contributed by atoms with Crippen LogP contribution in [0.4, 0.5) is 4.39 Å². The molecule has 0 saturated carbocycles. The minimum Gasteiger partial charge on any atom is -0.490 e. The number of fused-ring (bicyclic) bond motifs is 1. The Hall–Kier alpha value is -1.29. The number of rotatable bonds is 2. The predicted octanol–water partition coefficient (Wildman–Crippen LogP) is 2.61. The maximum atomic E-state index is 14.4. The molecular formula is C14H18FNO2. The van der Waals surface area contributed by atoms with Gasteiger partial charge in [-0.1, -0.05) is 6.07 Å². The average Bonchev–Trinajstić information content (AvgIpc) is 2.83. The van der Waals surface area contributed by atoms with Gasteiger partial charge in [0.2, 0.25) is 0 Å². The molecule has 18 heavy (non-hydrogen) atoms. The normalized spacial score (nSPS) is 24.6. The van der Waals surface area contributed by atoms with E-state index < -0.39 is 6.17 Å². The molecule has 2 heterocycles. The number of hydrogen-bond acceptors (Lipinski definition) is 3. The van der Waals surface area contributed by atoms with Crippen LogP contribution in [0.1, 0.15) is 31.0 Å². The molecule has 1 aromatic rings. The molecule has 1 N–H and O–H groups in total. The molecule has 1 fully saturated rings. The fourth-order valence-corrected chi connectivity index (χ4v) is 2.55. The number of benzene rings is 1. The van der Waals surface area contributed by atoms with Gasteiger partial charge in [0.1, 0.15) is 6.17 Å². The number of halogens is 1. The SMILES string of the molecule is FC(c1ccc2c(c1)OCCCO2)C1CCCN1. The molecule has 2 atom stereocenters. The Morgan fingerprint density at radius 3 is 2.78 bits per heavy atom. The Bertz CT molecular complexity index is 418. The summed E-state index contributed by atoms with van der Waals surface area (Å²) in [6.45, 7) is 2.21. The van der Waals surface area contributed by atoms with Crippen LogP contribution in [0, 0.1) is 0 Å². The van der Waals surface area contributed by atoms with Gasteiger partial charge >= 0.3 is 0 Å². The molecule has 98 valence electrons. The Morgan fingerprint density at radius 2 is 2.00 bits per heavy atom. The number of nitrogens with one attached hydrogen (secondary N) is 1. The van der Waals surface area contributed by atoms with Crippen molar-refractivity contribution < 1.29 is 13.9 Å². The Balaban J connectivity index is 1.82. The molecule has 1 aromatic carbocycles. The van der Waals surface area contributed by atoms with Crippen molar-refractivity contribution >= 4 is 0 Å². The Labute approximate surface area is 106 Å². The minimum atomic E-state index is -0.968. The second-order valence-electron chi connectivity index (χ2n) is 4.86. The van der Waals surface area contributed by atoms with Crippen LogP contribution >= 0.6 is 0 Å². The highest BCUT2D eigenvalue weighted by molar-refractivity contribution is 5.44. The molecule has 0 radical (unpaired) electrons. The number of alkyl halides is 1. The van der Waals surface area contributed by atoms with Gasteiger partial charge in [-0.25, -0.2) is 4.39 Å². The van der Waals surface area contributed by atoms with Gasteiger partial charge in [0.15, 0.2) is 11.5 Å². The summed E-state index contributed by atoms with van der Waals surface area (Å²) in [5.74, 6) is 1.40. The number of ether oxygens (including phenoxy) is 2. The zero-order valence-electron chi connectivity index (χ0n) is 10.3. The molecule has 1 saturated heterocycles. The van der Waals surface area contributed by atoms with Crippen molar-refractivity contribution in [3.63, 3.8) is 0 Å². The summed E-state index contributed by atoms with van der Waals surface area (Å²) < 4.78 is 25.5. The van der Waals surface area contributed by atoms with Crippen LogP contribution < -0.4 is 14.8 Å². The summed E-state index contributed by atoms with van der Waals surface area (Å²) >= 11 is 0. The van der Waals surface area contributed by atoms with Crippen molar-refractivity contribution in [1.82, 2.24) is 5.32 Å². The topological polar surface area (TPSA) is 30.5 Å². The Morgan fingerprint density at radius 1 is 1.17 bits per heavy atom. The third kappa shape index (κ3) is 2.29. The van der Waals surface area contributed by atoms with E-state index in [2.05, 4.69) is 5.32 Å². The largest absolute Gasteiger partial charge is 0.490 e. The maximum absolute atomic E-state index is 14.4. The van der Waals surface area contributed by atoms with Crippen molar-refractivity contribution in [2.45, 2.75) is 31.5 Å². The fourth-order valence-electron chi connectivity index (χ4n) is 2.55. The van der Waals surface area contributed by atoms with Crippen molar-refractivity contribution in [2.75, 3.05) is 19.8 Å². The van der Waals surface area contributed by atoms with Gasteiger partial charge in [-0.2, -0.15) is 0 Å². The molecule has 0 amide bonds. The maximum Gasteiger partial charge on any atom is 0.161 e. The van der Waals surface area contributed by atoms with Crippen LogP contribution in [-0.4, -0.2) is 25.8 Å². The van der Waals surface area contributed by atoms with Crippen molar-refractivity contribution in [2.24, 2.45) is 0 Å². The van der Waals surface area contributed by atoms with Crippen LogP contribution in [0.25, 0.3) is 0 Å². The predicted molar refractivity (Wildman–Crippen MR) is 66.9 cm³/mol. The lowest BCUT2D eigenvalue weighted by atomic mass is 10.0. The van der Waals surface area contributed by atoms with Gasteiger partial charge in [0.05, 0.1) is 13.2 Å². The van der Waals surface area contributed by atoms with Gasteiger partial charge in [0.25, 0.3) is 0 Å². The third-order valence-electron chi connectivity index (χ3n) is 3.54. The quantitative estimate of drug-likeness (QED) is 0.876. The van der Waals surface area contributed by atoms with E-state index in [1.807, 2.05) is 6.07 Å². The van der Waals surface area contributed by atoms with E-state index in [1.54, 1.807) is 12.1 Å². The minimum absolute atomic E-state index is 0.0604. The first kappa shape index (κ1) is 11.8. The first-order valence-corrected chi connectivity index (χ1v) is 6.61. The van der Waals surface area contributed by atoms with E-state index in [4.69, 9.17) is 9.47 Å². The molecule has 0 bridgehead atoms. The summed E-state index contributed by atoms with van der Waals surface area (Å²) in [5, 5.41) is 3.20. The van der Waals surface area contributed by atoms with Gasteiger partial charge in [-0.15, -0.1) is 0 Å². The lowest BCUT2D eigenvalue weighted by Gasteiger charge is -2.17. The average molecular weight is 251 g/mol. The first-order valence-electron chi connectivity index (χ1n) is 6.61. The molecule has 0 aromatic heterocycles. The van der Waals surface area contributed by atoms with Gasteiger partial charge < -0.3 is 14.8 Å². The van der Waals surface area contributed by atoms with Crippen LogP contribution in [0.15, 0.2) is 18.2 Å². The lowest BCUT2D eigenvalue weighted by Crippen LogP contribution is -2.26. The number of hydrogen-bond donors (Lipinski definition) is 1. The van der Waals surface area contributed by atoms with Crippen molar-refractivity contribution in [3.8, 4) is 11.5 Å². The molecule has 3 rings (SSSR count). The smallest absolute Gasteiger partial charge is 0.161 e. The summed E-state index contributed by atoms with van der Waals surface area (Å²) in [6, 6.07) is 5.34. The molecule has 2 aliphatic rings. The summed E-state index contributed by atoms with van der Waals surface area (Å²) in [5.41, 5.74) is 0.679. The highest BCUT2D eigenvalue weighted by atomic mass is 19.1. The summed E-state index contributed by atoms with van der Waals surface area (Å²) in [6.07, 6.45) is 1.85. The zero-order valence-corrected chi connectivity index (χ0v) is 10.3. The molecule has 0 spiro atoms. The fraction of sp³-hybridized carbons (Fsp3) is 0.571. The second-order valence-corrected chi connectivity index (χ2v) is 4.86. The summed E-state index contributed by atoms with van der Waals surface area (Å²) in [4.78, 5) is 0. The monoisotopic (exact) mass is 251 g/mol. The first-order chi connectivity index (χ1) is 8.84. The van der Waals surface area contributed by atoms with Crippen LogP contribution in [0.3, 0.4) is 0 Å². The van der Waals surface area contributed by atoms with E-state index in [1.165, 1.54) is 0 Å². The molecule has 4 heteroatoms. The van der Waals surface area contributed by atoms with Gasteiger partial charge in [-0.05, 0) is 37.1 Å². The van der Waals surface area contributed by atoms with Crippen LogP contribution in [0.5, 0.6) is 11.5 Å². The van der Waals surface area contributed by atoms with E-state index in [9.17, 15) is 4.39 Å². The zero-order chi connectivity index (χ0) is 12.4. The highest BCUT2D eigenvalue weighted by Gasteiger charge is 2.26. The molecule has 0 aliphatic carbocycles. The molecular weight excluding hydrogens is 233 g/mol. The van der Waals surface area contributed by atoms with E-state index in [0.717, 1.165) is 31.6 Å². The van der Waals surface area contributed by atoms with Crippen molar-refractivity contribution in [1.29, 1.82) is 0 Å². The van der Waals surface area contributed by atoms with E-state index in [-0.39, 0.29) is 6.04 Å². The highest BCUT2D eigenvalue weighted by Crippen LogP contribution is 2.35. The lowest BCUT2D eigenvalue weighted by molar-refractivity contribution is 0.269. The Kier molecular flexibility index (Phi) is 3.37. The van der Waals surface area contributed by atoms with Crippen LogP contribution in [0.2, 0.25) is 0 Å². The van der Waals surface area contributed by atoms with E-state index >= 15 is 0 Å². The van der Waals surface area contributed by atoms with Crippen LogP contribution in [-0.2, 0) is 0 Å². The van der Waals surface area contributed by atoms with Gasteiger partial charge in [0, 0.05) is 12.5 Å². The molecule has 2 aliphatic heterocycles. The second kappa shape index (κ2) is 5.14. The third-order valence-corrected chi connectivity index (χ3v) is 3.54. The van der Waals surface area contributed by atoms with E-state index in [0.29, 0.717) is 24.5 Å².